The van der Waals surface area contributed by atoms with E-state index in [1.807, 2.05) is 13.0 Å². The molecule has 154 valence electrons. The van der Waals surface area contributed by atoms with Gasteiger partial charge in [-0.1, -0.05) is 37.3 Å². The molecule has 3 rings (SSSR count). The molecule has 0 aliphatic rings. The van der Waals surface area contributed by atoms with E-state index in [1.165, 1.54) is 29.8 Å². The van der Waals surface area contributed by atoms with Crippen molar-refractivity contribution in [3.05, 3.63) is 67.2 Å². The normalized spacial score (nSPS) is 13.0. The van der Waals surface area contributed by atoms with Gasteiger partial charge in [-0.05, 0) is 38.3 Å². The standard InChI is InChI=1S/C21H24N2O5S/c1-5-15-12(2)16-17(25)23(21(3,4)19(26)27)20(28)22(18(16)29-15)11-14(24)13-9-7-6-8-10-13/h6-10,14,24H,5,11H2,1-4H3,(H,26,27). The van der Waals surface area contributed by atoms with Crippen LogP contribution in [0.3, 0.4) is 0 Å². The van der Waals surface area contributed by atoms with Gasteiger partial charge >= 0.3 is 11.7 Å². The van der Waals surface area contributed by atoms with Crippen LogP contribution < -0.4 is 11.2 Å². The zero-order valence-electron chi connectivity index (χ0n) is 16.8. The molecule has 2 N–H and O–H groups in total. The molecule has 29 heavy (non-hydrogen) atoms. The quantitative estimate of drug-likeness (QED) is 0.643. The molecule has 0 saturated carbocycles. The van der Waals surface area contributed by atoms with Gasteiger partial charge in [0.1, 0.15) is 10.4 Å². The van der Waals surface area contributed by atoms with Crippen molar-refractivity contribution in [1.29, 1.82) is 0 Å². The van der Waals surface area contributed by atoms with Gasteiger partial charge in [-0.15, -0.1) is 11.3 Å². The molecular formula is C21H24N2O5S. The topological polar surface area (TPSA) is 102 Å². The van der Waals surface area contributed by atoms with Gasteiger partial charge in [-0.3, -0.25) is 9.36 Å². The Morgan fingerprint density at radius 1 is 1.21 bits per heavy atom. The van der Waals surface area contributed by atoms with Crippen molar-refractivity contribution in [3.8, 4) is 0 Å². The second-order valence-electron chi connectivity index (χ2n) is 7.51. The highest BCUT2D eigenvalue weighted by Gasteiger charge is 2.35. The molecule has 7 nitrogen and oxygen atoms in total. The number of hydrogen-bond acceptors (Lipinski definition) is 5. The minimum absolute atomic E-state index is 0.0849. The maximum atomic E-state index is 13.3. The number of thiophene rings is 1. The largest absolute Gasteiger partial charge is 0.480 e. The summed E-state index contributed by atoms with van der Waals surface area (Å²) >= 11 is 1.33. The lowest BCUT2D eigenvalue weighted by Gasteiger charge is -2.24. The van der Waals surface area contributed by atoms with Crippen LogP contribution in [0.15, 0.2) is 39.9 Å². The molecule has 2 aromatic heterocycles. The van der Waals surface area contributed by atoms with E-state index < -0.39 is 28.9 Å². The smallest absolute Gasteiger partial charge is 0.333 e. The fourth-order valence-corrected chi connectivity index (χ4v) is 4.67. The second kappa shape index (κ2) is 7.61. The molecule has 0 radical (unpaired) electrons. The first kappa shape index (κ1) is 21.0. The minimum Gasteiger partial charge on any atom is -0.480 e. The van der Waals surface area contributed by atoms with E-state index in [4.69, 9.17) is 0 Å². The van der Waals surface area contributed by atoms with Gasteiger partial charge in [0.2, 0.25) is 0 Å². The van der Waals surface area contributed by atoms with E-state index in [0.29, 0.717) is 22.2 Å². The first-order valence-electron chi connectivity index (χ1n) is 9.35. The van der Waals surface area contributed by atoms with Gasteiger partial charge in [0, 0.05) is 4.88 Å². The number of carboxylic acids is 1. The molecule has 8 heteroatoms. The number of rotatable bonds is 6. The third-order valence-corrected chi connectivity index (χ3v) is 6.71. The number of hydrogen-bond donors (Lipinski definition) is 2. The van der Waals surface area contributed by atoms with Crippen LogP contribution in [0.25, 0.3) is 10.2 Å². The third kappa shape index (κ3) is 3.42. The van der Waals surface area contributed by atoms with E-state index in [1.54, 1.807) is 31.2 Å². The molecule has 0 spiro atoms. The van der Waals surface area contributed by atoms with E-state index in [0.717, 1.165) is 15.0 Å². The molecule has 3 aromatic rings. The summed E-state index contributed by atoms with van der Waals surface area (Å²) < 4.78 is 2.12. The van der Waals surface area contributed by atoms with Crippen molar-refractivity contribution in [2.45, 2.75) is 52.3 Å². The third-order valence-electron chi connectivity index (χ3n) is 5.25. The summed E-state index contributed by atoms with van der Waals surface area (Å²) in [6.45, 7) is 6.32. The summed E-state index contributed by atoms with van der Waals surface area (Å²) in [5.74, 6) is -1.28. The maximum absolute atomic E-state index is 13.3. The van der Waals surface area contributed by atoms with Crippen LogP contribution in [-0.4, -0.2) is 25.3 Å². The van der Waals surface area contributed by atoms with Crippen molar-refractivity contribution in [2.24, 2.45) is 0 Å². The minimum atomic E-state index is -1.73. The summed E-state index contributed by atoms with van der Waals surface area (Å²) in [6.07, 6.45) is -0.300. The Labute approximate surface area is 171 Å². The van der Waals surface area contributed by atoms with Crippen molar-refractivity contribution < 1.29 is 15.0 Å². The van der Waals surface area contributed by atoms with Crippen molar-refractivity contribution in [2.75, 3.05) is 0 Å². The Morgan fingerprint density at radius 2 is 1.83 bits per heavy atom. The molecule has 1 unspecified atom stereocenters. The van der Waals surface area contributed by atoms with Crippen molar-refractivity contribution in [3.63, 3.8) is 0 Å². The lowest BCUT2D eigenvalue weighted by molar-refractivity contribution is -0.146. The highest BCUT2D eigenvalue weighted by atomic mass is 32.1. The van der Waals surface area contributed by atoms with Crippen LogP contribution in [-0.2, 0) is 23.3 Å². The highest BCUT2D eigenvalue weighted by molar-refractivity contribution is 7.18. The molecule has 0 saturated heterocycles. The Kier molecular flexibility index (Phi) is 5.51. The SMILES string of the molecule is CCc1sc2c(c1C)c(=O)n(C(C)(C)C(=O)O)c(=O)n2CC(O)c1ccccc1. The number of nitrogens with zero attached hydrogens (tertiary/aromatic N) is 2. The van der Waals surface area contributed by atoms with Crippen LogP contribution in [0.2, 0.25) is 0 Å². The predicted octanol–water partition coefficient (Wildman–Crippen LogP) is 2.65. The molecule has 1 atom stereocenters. The molecule has 2 heterocycles. The van der Waals surface area contributed by atoms with E-state index in [-0.39, 0.29) is 6.54 Å². The summed E-state index contributed by atoms with van der Waals surface area (Å²) in [6, 6.07) is 8.90. The molecule has 0 fully saturated rings. The fraction of sp³-hybridized carbons (Fsp3) is 0.381. The Morgan fingerprint density at radius 3 is 2.38 bits per heavy atom. The Hall–Kier alpha value is -2.71. The maximum Gasteiger partial charge on any atom is 0.333 e. The highest BCUT2D eigenvalue weighted by Crippen LogP contribution is 2.30. The first-order valence-corrected chi connectivity index (χ1v) is 10.2. The fourth-order valence-electron chi connectivity index (χ4n) is 3.43. The number of aliphatic carboxylic acids is 1. The Bertz CT molecular complexity index is 1190. The number of aliphatic hydroxyl groups excluding tert-OH is 1. The van der Waals surface area contributed by atoms with E-state index >= 15 is 0 Å². The van der Waals surface area contributed by atoms with Crippen LogP contribution >= 0.6 is 11.3 Å². The number of carbonyl (C=O) groups is 1. The van der Waals surface area contributed by atoms with Crippen LogP contribution in [0.1, 0.15) is 42.9 Å². The lowest BCUT2D eigenvalue weighted by atomic mass is 10.1. The van der Waals surface area contributed by atoms with Gasteiger partial charge in [-0.2, -0.15) is 0 Å². The molecule has 0 bridgehead atoms. The summed E-state index contributed by atoms with van der Waals surface area (Å²) in [7, 11) is 0. The lowest BCUT2D eigenvalue weighted by Crippen LogP contribution is -2.52. The molecule has 0 aliphatic carbocycles. The monoisotopic (exact) mass is 416 g/mol. The number of benzene rings is 1. The van der Waals surface area contributed by atoms with Gasteiger partial charge in [0.15, 0.2) is 0 Å². The number of aromatic nitrogens is 2. The van der Waals surface area contributed by atoms with Gasteiger partial charge in [0.25, 0.3) is 5.56 Å². The second-order valence-corrected chi connectivity index (χ2v) is 8.59. The first-order chi connectivity index (χ1) is 13.6. The summed E-state index contributed by atoms with van der Waals surface area (Å²) in [5.41, 5.74) is -1.71. The molecule has 1 aromatic carbocycles. The summed E-state index contributed by atoms with van der Waals surface area (Å²) in [5, 5.41) is 20.7. The molecular weight excluding hydrogens is 392 g/mol. The zero-order chi connectivity index (χ0) is 21.5. The Balaban J connectivity index is 2.35. The number of aliphatic hydroxyl groups is 1. The number of carboxylic acid groups (broad SMARTS) is 1. The van der Waals surface area contributed by atoms with Gasteiger partial charge in [0.05, 0.1) is 18.0 Å². The van der Waals surface area contributed by atoms with E-state index in [2.05, 4.69) is 0 Å². The summed E-state index contributed by atoms with van der Waals surface area (Å²) in [4.78, 5) is 39.7. The molecule has 0 aliphatic heterocycles. The zero-order valence-corrected chi connectivity index (χ0v) is 17.6. The predicted molar refractivity (Wildman–Crippen MR) is 113 cm³/mol. The average molecular weight is 416 g/mol. The average Bonchev–Trinajstić information content (AvgIpc) is 3.02. The number of aryl methyl sites for hydroxylation is 2. The van der Waals surface area contributed by atoms with Gasteiger partial charge in [-0.25, -0.2) is 14.2 Å². The van der Waals surface area contributed by atoms with Crippen molar-refractivity contribution in [1.82, 2.24) is 9.13 Å². The molecule has 0 amide bonds. The number of fused-ring (bicyclic) bond motifs is 1. The van der Waals surface area contributed by atoms with E-state index in [9.17, 15) is 24.6 Å². The van der Waals surface area contributed by atoms with Crippen molar-refractivity contribution >= 4 is 27.5 Å². The van der Waals surface area contributed by atoms with Crippen LogP contribution in [0.5, 0.6) is 0 Å². The van der Waals surface area contributed by atoms with Gasteiger partial charge < -0.3 is 10.2 Å². The van der Waals surface area contributed by atoms with Crippen LogP contribution in [0.4, 0.5) is 0 Å². The van der Waals surface area contributed by atoms with Crippen LogP contribution in [0, 0.1) is 6.92 Å².